The van der Waals surface area contributed by atoms with Gasteiger partial charge in [-0.3, -0.25) is 9.59 Å². The largest absolute Gasteiger partial charge is 0.372 e. The maximum atomic E-state index is 12.6. The van der Waals surface area contributed by atoms with Crippen molar-refractivity contribution in [3.05, 3.63) is 48.2 Å². The summed E-state index contributed by atoms with van der Waals surface area (Å²) in [6.45, 7) is 4.54. The normalized spacial score (nSPS) is 16.9. The molecule has 2 saturated heterocycles. The molecular weight excluding hydrogens is 354 g/mol. The summed E-state index contributed by atoms with van der Waals surface area (Å²) in [5.74, 6) is 0.663. The van der Waals surface area contributed by atoms with Crippen molar-refractivity contribution in [2.45, 2.75) is 12.8 Å². The summed E-state index contributed by atoms with van der Waals surface area (Å²) >= 11 is 0. The minimum atomic E-state index is -0.0421. The van der Waals surface area contributed by atoms with Crippen molar-refractivity contribution in [2.24, 2.45) is 0 Å². The first-order chi connectivity index (χ1) is 13.7. The van der Waals surface area contributed by atoms with Gasteiger partial charge < -0.3 is 20.0 Å². The smallest absolute Gasteiger partial charge is 0.255 e. The van der Waals surface area contributed by atoms with Gasteiger partial charge in [-0.25, -0.2) is 4.98 Å². The molecule has 7 heteroatoms. The number of benzene rings is 1. The number of hydrogen-bond donors (Lipinski definition) is 1. The Labute approximate surface area is 164 Å². The van der Waals surface area contributed by atoms with Crippen molar-refractivity contribution < 1.29 is 9.59 Å². The lowest BCUT2D eigenvalue weighted by Crippen LogP contribution is -2.48. The molecule has 0 unspecified atom stereocenters. The number of piperazine rings is 1. The van der Waals surface area contributed by atoms with Gasteiger partial charge in [-0.2, -0.15) is 0 Å². The highest BCUT2D eigenvalue weighted by atomic mass is 16.2. The molecule has 2 aromatic rings. The third kappa shape index (κ3) is 4.08. The number of amides is 2. The molecule has 2 amide bonds. The number of rotatable bonds is 5. The molecule has 1 N–H and O–H groups in total. The van der Waals surface area contributed by atoms with Gasteiger partial charge in [0.1, 0.15) is 5.82 Å². The average Bonchev–Trinajstić information content (AvgIpc) is 3.29. The van der Waals surface area contributed by atoms with E-state index in [-0.39, 0.29) is 5.91 Å². The van der Waals surface area contributed by atoms with E-state index >= 15 is 0 Å². The maximum Gasteiger partial charge on any atom is 0.255 e. The molecule has 2 aliphatic heterocycles. The Morgan fingerprint density at radius 1 is 0.929 bits per heavy atom. The molecule has 0 saturated carbocycles. The Hall–Kier alpha value is -3.09. The van der Waals surface area contributed by atoms with Gasteiger partial charge in [0, 0.05) is 56.8 Å². The van der Waals surface area contributed by atoms with Crippen LogP contribution in [-0.2, 0) is 4.79 Å². The Bertz CT molecular complexity index is 808. The number of carbonyl (C=O) groups excluding carboxylic acids is 2. The van der Waals surface area contributed by atoms with E-state index < -0.39 is 0 Å². The van der Waals surface area contributed by atoms with E-state index in [2.05, 4.69) is 39.5 Å². The second-order valence-electron chi connectivity index (χ2n) is 7.23. The van der Waals surface area contributed by atoms with Crippen molar-refractivity contribution in [3.63, 3.8) is 0 Å². The minimum Gasteiger partial charge on any atom is -0.372 e. The lowest BCUT2D eigenvalue weighted by atomic mass is 10.2. The molecule has 0 spiro atoms. The van der Waals surface area contributed by atoms with Gasteiger partial charge in [-0.1, -0.05) is 0 Å². The SMILES string of the molecule is O=CN1CCN(C(=O)c2ccc(Nc3ccc(N4CCCC4)cc3)nc2)CC1. The molecule has 0 aliphatic carbocycles. The van der Waals surface area contributed by atoms with Gasteiger partial charge in [0.25, 0.3) is 5.91 Å². The minimum absolute atomic E-state index is 0.0421. The van der Waals surface area contributed by atoms with Crippen LogP contribution in [0.2, 0.25) is 0 Å². The molecule has 4 rings (SSSR count). The number of pyridine rings is 1. The number of nitrogens with one attached hydrogen (secondary N) is 1. The molecule has 2 fully saturated rings. The zero-order chi connectivity index (χ0) is 19.3. The first-order valence-electron chi connectivity index (χ1n) is 9.80. The predicted molar refractivity (Wildman–Crippen MR) is 109 cm³/mol. The van der Waals surface area contributed by atoms with Crippen LogP contribution in [0.25, 0.3) is 0 Å². The van der Waals surface area contributed by atoms with E-state index in [1.807, 2.05) is 6.07 Å². The summed E-state index contributed by atoms with van der Waals surface area (Å²) in [7, 11) is 0. The fourth-order valence-electron chi connectivity index (χ4n) is 3.69. The molecule has 0 radical (unpaired) electrons. The van der Waals surface area contributed by atoms with Gasteiger partial charge in [-0.15, -0.1) is 0 Å². The summed E-state index contributed by atoms with van der Waals surface area (Å²) in [4.78, 5) is 33.6. The standard InChI is InChI=1S/C21H25N5O2/c27-16-24-11-13-26(14-12-24)21(28)17-3-8-20(22-15-17)23-18-4-6-19(7-5-18)25-9-1-2-10-25/h3-8,15-16H,1-2,9-14H2,(H,22,23). The number of aromatic nitrogens is 1. The van der Waals surface area contributed by atoms with Crippen LogP contribution in [0.15, 0.2) is 42.6 Å². The van der Waals surface area contributed by atoms with Gasteiger partial charge in [-0.05, 0) is 49.2 Å². The van der Waals surface area contributed by atoms with Crippen molar-refractivity contribution >= 4 is 29.5 Å². The number of carbonyl (C=O) groups is 2. The Kier molecular flexibility index (Phi) is 5.41. The quantitative estimate of drug-likeness (QED) is 0.808. The highest BCUT2D eigenvalue weighted by molar-refractivity contribution is 5.94. The topological polar surface area (TPSA) is 68.8 Å². The first-order valence-corrected chi connectivity index (χ1v) is 9.80. The van der Waals surface area contributed by atoms with Crippen LogP contribution < -0.4 is 10.2 Å². The van der Waals surface area contributed by atoms with Gasteiger partial charge in [0.05, 0.1) is 5.56 Å². The van der Waals surface area contributed by atoms with E-state index in [9.17, 15) is 9.59 Å². The average molecular weight is 379 g/mol. The Morgan fingerprint density at radius 3 is 2.25 bits per heavy atom. The molecule has 0 bridgehead atoms. The summed E-state index contributed by atoms with van der Waals surface area (Å²) in [5, 5.41) is 3.28. The molecule has 1 aromatic carbocycles. The lowest BCUT2D eigenvalue weighted by Gasteiger charge is -2.32. The Morgan fingerprint density at radius 2 is 1.64 bits per heavy atom. The van der Waals surface area contributed by atoms with Gasteiger partial charge in [0.15, 0.2) is 0 Å². The predicted octanol–water partition coefficient (Wildman–Crippen LogP) is 2.34. The summed E-state index contributed by atoms with van der Waals surface area (Å²) in [6.07, 6.45) is 4.97. The van der Waals surface area contributed by atoms with Crippen molar-refractivity contribution in [2.75, 3.05) is 49.5 Å². The van der Waals surface area contributed by atoms with Gasteiger partial charge in [0.2, 0.25) is 6.41 Å². The number of hydrogen-bond acceptors (Lipinski definition) is 5. The van der Waals surface area contributed by atoms with Crippen molar-refractivity contribution in [1.82, 2.24) is 14.8 Å². The van der Waals surface area contributed by atoms with E-state index in [0.717, 1.165) is 25.2 Å². The number of nitrogens with zero attached hydrogens (tertiary/aromatic N) is 4. The molecule has 0 atom stereocenters. The lowest BCUT2D eigenvalue weighted by molar-refractivity contribution is -0.119. The molecule has 146 valence electrons. The number of anilines is 3. The zero-order valence-corrected chi connectivity index (χ0v) is 15.9. The summed E-state index contributed by atoms with van der Waals surface area (Å²) in [6, 6.07) is 12.0. The molecule has 3 heterocycles. The second kappa shape index (κ2) is 8.29. The van der Waals surface area contributed by atoms with Crippen LogP contribution in [-0.4, -0.2) is 66.4 Å². The van der Waals surface area contributed by atoms with Crippen LogP contribution in [0, 0.1) is 0 Å². The first kappa shape index (κ1) is 18.3. The van der Waals surface area contributed by atoms with E-state index in [1.54, 1.807) is 22.1 Å². The molecular formula is C21H25N5O2. The van der Waals surface area contributed by atoms with Crippen LogP contribution in [0.4, 0.5) is 17.2 Å². The maximum absolute atomic E-state index is 12.6. The monoisotopic (exact) mass is 379 g/mol. The second-order valence-corrected chi connectivity index (χ2v) is 7.23. The highest BCUT2D eigenvalue weighted by Crippen LogP contribution is 2.23. The molecule has 28 heavy (non-hydrogen) atoms. The molecule has 2 aliphatic rings. The zero-order valence-electron chi connectivity index (χ0n) is 15.9. The van der Waals surface area contributed by atoms with Crippen molar-refractivity contribution in [3.8, 4) is 0 Å². The third-order valence-electron chi connectivity index (χ3n) is 5.37. The molecule has 1 aromatic heterocycles. The van der Waals surface area contributed by atoms with E-state index in [0.29, 0.717) is 37.6 Å². The fourth-order valence-corrected chi connectivity index (χ4v) is 3.69. The molecule has 7 nitrogen and oxygen atoms in total. The Balaban J connectivity index is 1.35. The van der Waals surface area contributed by atoms with E-state index in [1.165, 1.54) is 18.5 Å². The fraction of sp³-hybridized carbons (Fsp3) is 0.381. The van der Waals surface area contributed by atoms with Crippen LogP contribution in [0.5, 0.6) is 0 Å². The van der Waals surface area contributed by atoms with E-state index in [4.69, 9.17) is 0 Å². The van der Waals surface area contributed by atoms with Crippen LogP contribution in [0.1, 0.15) is 23.2 Å². The van der Waals surface area contributed by atoms with Gasteiger partial charge >= 0.3 is 0 Å². The van der Waals surface area contributed by atoms with Crippen LogP contribution in [0.3, 0.4) is 0 Å². The summed E-state index contributed by atoms with van der Waals surface area (Å²) in [5.41, 5.74) is 2.79. The third-order valence-corrected chi connectivity index (χ3v) is 5.37. The highest BCUT2D eigenvalue weighted by Gasteiger charge is 2.21. The van der Waals surface area contributed by atoms with Crippen molar-refractivity contribution in [1.29, 1.82) is 0 Å². The van der Waals surface area contributed by atoms with Crippen LogP contribution >= 0.6 is 0 Å². The summed E-state index contributed by atoms with van der Waals surface area (Å²) < 4.78 is 0.